The molecule has 0 saturated carbocycles. The molecule has 19 nitrogen and oxygen atoms in total. The van der Waals surface area contributed by atoms with Gasteiger partial charge in [-0.3, -0.25) is 4.79 Å². The van der Waals surface area contributed by atoms with E-state index in [0.29, 0.717) is 6.42 Å². The Bertz CT molecular complexity index is 1720. The lowest BCUT2D eigenvalue weighted by Crippen LogP contribution is -2.66. The molecule has 12 N–H and O–H groups in total. The minimum atomic E-state index is -1.98. The minimum Gasteiger partial charge on any atom is -0.394 e. The predicted molar refractivity (Wildman–Crippen MR) is 323 cm³/mol. The zero-order chi connectivity index (χ0) is 61.2. The maximum absolute atomic E-state index is 13.4. The van der Waals surface area contributed by atoms with E-state index in [1.165, 1.54) is 128 Å². The van der Waals surface area contributed by atoms with Crippen molar-refractivity contribution in [3.8, 4) is 0 Å². The molecule has 1 amide bonds. The van der Waals surface area contributed by atoms with Crippen molar-refractivity contribution < 1.29 is 89.4 Å². The molecule has 490 valence electrons. The summed E-state index contributed by atoms with van der Waals surface area (Å²) in [5.74, 6) is -0.283. The van der Waals surface area contributed by atoms with Gasteiger partial charge in [-0.25, -0.2) is 0 Å². The van der Waals surface area contributed by atoms with E-state index in [4.69, 9.17) is 28.4 Å². The van der Waals surface area contributed by atoms with Crippen molar-refractivity contribution in [3.63, 3.8) is 0 Å². The summed E-state index contributed by atoms with van der Waals surface area (Å²) in [4.78, 5) is 13.4. The number of carbonyl (C=O) groups is 1. The summed E-state index contributed by atoms with van der Waals surface area (Å²) in [6.07, 6.45) is 27.9. The monoisotopic (exact) mass is 1200 g/mol. The van der Waals surface area contributed by atoms with Gasteiger partial charge in [0.2, 0.25) is 5.91 Å². The highest BCUT2D eigenvalue weighted by Crippen LogP contribution is 2.33. The summed E-state index contributed by atoms with van der Waals surface area (Å²) >= 11 is 0. The fourth-order valence-corrected chi connectivity index (χ4v) is 11.0. The first-order valence-corrected chi connectivity index (χ1v) is 32.9. The molecular formula is C65H117NO18. The lowest BCUT2D eigenvalue weighted by molar-refractivity contribution is -0.379. The maximum atomic E-state index is 13.4. The Labute approximate surface area is 503 Å². The summed E-state index contributed by atoms with van der Waals surface area (Å²) < 4.78 is 34.3. The summed E-state index contributed by atoms with van der Waals surface area (Å²) in [6.45, 7) is 1.71. The zero-order valence-electron chi connectivity index (χ0n) is 51.4. The average Bonchev–Trinajstić information content (AvgIpc) is 3.69. The Morgan fingerprint density at radius 3 is 1.23 bits per heavy atom. The number of unbranched alkanes of at least 4 members (excludes halogenated alkanes) is 27. The molecule has 84 heavy (non-hydrogen) atoms. The highest BCUT2D eigenvalue weighted by molar-refractivity contribution is 5.76. The topological polar surface area (TPSA) is 307 Å². The number of hydrogen-bond donors (Lipinski definition) is 12. The molecule has 3 fully saturated rings. The maximum Gasteiger partial charge on any atom is 0.220 e. The first-order valence-electron chi connectivity index (χ1n) is 32.9. The van der Waals surface area contributed by atoms with Gasteiger partial charge in [-0.2, -0.15) is 0 Å². The molecule has 17 unspecified atom stereocenters. The van der Waals surface area contributed by atoms with Crippen LogP contribution in [0.1, 0.15) is 226 Å². The Balaban J connectivity index is 1.47. The van der Waals surface area contributed by atoms with Gasteiger partial charge in [0.05, 0.1) is 38.6 Å². The van der Waals surface area contributed by atoms with E-state index in [2.05, 4.69) is 55.6 Å². The van der Waals surface area contributed by atoms with E-state index in [1.807, 2.05) is 6.08 Å². The van der Waals surface area contributed by atoms with Crippen LogP contribution >= 0.6 is 0 Å². The Morgan fingerprint density at radius 2 is 0.786 bits per heavy atom. The third-order valence-corrected chi connectivity index (χ3v) is 16.4. The molecule has 0 aromatic heterocycles. The second-order valence-corrected chi connectivity index (χ2v) is 23.6. The molecular weight excluding hydrogens is 1080 g/mol. The molecule has 3 saturated heterocycles. The molecule has 0 aliphatic carbocycles. The normalized spacial score (nSPS) is 29.5. The van der Waals surface area contributed by atoms with Crippen LogP contribution in [0.15, 0.2) is 48.6 Å². The van der Waals surface area contributed by atoms with Gasteiger partial charge in [0.15, 0.2) is 18.9 Å². The van der Waals surface area contributed by atoms with Crippen LogP contribution in [-0.4, -0.2) is 193 Å². The fourth-order valence-electron chi connectivity index (χ4n) is 11.0. The predicted octanol–water partition coefficient (Wildman–Crippen LogP) is 7.43. The molecule has 19 heteroatoms. The van der Waals surface area contributed by atoms with Crippen LogP contribution in [-0.2, 0) is 33.2 Å². The highest BCUT2D eigenvalue weighted by Gasteiger charge is 2.53. The van der Waals surface area contributed by atoms with E-state index in [1.54, 1.807) is 6.08 Å². The molecule has 3 aliphatic heterocycles. The smallest absolute Gasteiger partial charge is 0.220 e. The van der Waals surface area contributed by atoms with E-state index in [0.717, 1.165) is 70.6 Å². The van der Waals surface area contributed by atoms with Gasteiger partial charge in [-0.1, -0.05) is 210 Å². The number of aliphatic hydroxyl groups is 11. The number of nitrogens with one attached hydrogen (secondary N) is 1. The van der Waals surface area contributed by atoms with Crippen molar-refractivity contribution in [1.29, 1.82) is 0 Å². The number of allylic oxidation sites excluding steroid dienone is 7. The van der Waals surface area contributed by atoms with Gasteiger partial charge in [0.1, 0.15) is 73.2 Å². The van der Waals surface area contributed by atoms with Crippen LogP contribution in [0.4, 0.5) is 0 Å². The van der Waals surface area contributed by atoms with Crippen molar-refractivity contribution in [2.75, 3.05) is 26.4 Å². The first-order chi connectivity index (χ1) is 40.8. The standard InChI is InChI=1S/C65H117NO18/c1-3-5-7-9-11-13-15-17-19-21-22-23-24-25-26-27-29-31-33-35-37-39-41-43-53(71)66-48(49(70)42-40-38-36-34-32-30-28-20-18-16-14-12-10-8-6-4-2)47-79-63-59(77)56(74)61(51(45-68)81-63)84-65-60(78)57(75)62(52(46-69)82-65)83-64-58(76)55(73)54(72)50(44-67)80-64/h15,17,21-22,24-25,40,42,48-52,54-65,67-70,72-78H,3-14,16,18-20,23,26-39,41,43-47H2,1-2H3,(H,66,71)/b17-15-,22-21-,25-24-,42-40+. The first kappa shape index (κ1) is 76.0. The fraction of sp³-hybridized carbons (Fsp3) is 0.862. The number of carbonyl (C=O) groups excluding carboxylic acids is 1. The van der Waals surface area contributed by atoms with E-state index in [9.17, 15) is 61.0 Å². The highest BCUT2D eigenvalue weighted by atomic mass is 16.8. The molecule has 0 aromatic rings. The van der Waals surface area contributed by atoms with Gasteiger partial charge in [-0.05, 0) is 57.8 Å². The second-order valence-electron chi connectivity index (χ2n) is 23.6. The minimum absolute atomic E-state index is 0.234. The number of rotatable bonds is 49. The summed E-state index contributed by atoms with van der Waals surface area (Å²) in [6, 6.07) is -0.978. The molecule has 0 bridgehead atoms. The van der Waals surface area contributed by atoms with Gasteiger partial charge < -0.3 is 89.9 Å². The average molecular weight is 1200 g/mol. The van der Waals surface area contributed by atoms with Crippen molar-refractivity contribution in [3.05, 3.63) is 48.6 Å². The van der Waals surface area contributed by atoms with Crippen LogP contribution in [0.3, 0.4) is 0 Å². The molecule has 3 aliphatic rings. The van der Waals surface area contributed by atoms with E-state index in [-0.39, 0.29) is 18.9 Å². The molecule has 3 rings (SSSR count). The number of hydrogen-bond acceptors (Lipinski definition) is 18. The van der Waals surface area contributed by atoms with Crippen LogP contribution < -0.4 is 5.32 Å². The second kappa shape index (κ2) is 47.7. The van der Waals surface area contributed by atoms with Crippen LogP contribution in [0.25, 0.3) is 0 Å². The molecule has 17 atom stereocenters. The van der Waals surface area contributed by atoms with E-state index < -0.39 is 124 Å². The molecule has 0 aromatic carbocycles. The molecule has 3 heterocycles. The lowest BCUT2D eigenvalue weighted by atomic mass is 9.96. The Hall–Kier alpha value is -2.25. The summed E-state index contributed by atoms with van der Waals surface area (Å²) in [5, 5.41) is 120. The zero-order valence-corrected chi connectivity index (χ0v) is 51.4. The van der Waals surface area contributed by atoms with Gasteiger partial charge in [0, 0.05) is 6.42 Å². The van der Waals surface area contributed by atoms with Gasteiger partial charge >= 0.3 is 0 Å². The summed E-state index contributed by atoms with van der Waals surface area (Å²) in [7, 11) is 0. The van der Waals surface area contributed by atoms with Crippen molar-refractivity contribution in [1.82, 2.24) is 5.32 Å². The SMILES string of the molecule is CCCCCCC/C=C\C/C=C\C/C=C\CCCCCCCCCCC(=O)NC(COC1OC(CO)C(OC2OC(CO)C(OC3OC(CO)C(O)C(O)C3O)C(O)C2O)C(O)C1O)C(O)/C=C/CCCCCCCCCCCCCCCC. The number of ether oxygens (including phenoxy) is 6. The molecule has 0 spiro atoms. The molecule has 0 radical (unpaired) electrons. The van der Waals surface area contributed by atoms with Crippen molar-refractivity contribution in [2.24, 2.45) is 0 Å². The van der Waals surface area contributed by atoms with Gasteiger partial charge in [-0.15, -0.1) is 0 Å². The van der Waals surface area contributed by atoms with Crippen LogP contribution in [0.2, 0.25) is 0 Å². The summed E-state index contributed by atoms with van der Waals surface area (Å²) in [5.41, 5.74) is 0. The number of amides is 1. The van der Waals surface area contributed by atoms with Crippen molar-refractivity contribution in [2.45, 2.75) is 330 Å². The van der Waals surface area contributed by atoms with E-state index >= 15 is 0 Å². The Kier molecular flexibility index (Phi) is 43.2. The Morgan fingerprint density at radius 1 is 0.429 bits per heavy atom. The lowest BCUT2D eigenvalue weighted by Gasteiger charge is -2.48. The number of aliphatic hydroxyl groups excluding tert-OH is 11. The van der Waals surface area contributed by atoms with Crippen LogP contribution in [0, 0.1) is 0 Å². The van der Waals surface area contributed by atoms with Crippen molar-refractivity contribution >= 4 is 5.91 Å². The third kappa shape index (κ3) is 30.3. The third-order valence-electron chi connectivity index (χ3n) is 16.4. The quantitative estimate of drug-likeness (QED) is 0.0208. The largest absolute Gasteiger partial charge is 0.394 e. The van der Waals surface area contributed by atoms with Crippen LogP contribution in [0.5, 0.6) is 0 Å². The van der Waals surface area contributed by atoms with Gasteiger partial charge in [0.25, 0.3) is 0 Å².